The Bertz CT molecular complexity index is 2410. The van der Waals surface area contributed by atoms with E-state index >= 15 is 0 Å². The number of ether oxygens (including phenoxy) is 6. The van der Waals surface area contributed by atoms with E-state index in [2.05, 4.69) is 0 Å². The van der Waals surface area contributed by atoms with Crippen molar-refractivity contribution in [2.45, 2.75) is 45.7 Å². The molecule has 2 aliphatic heterocycles. The topological polar surface area (TPSA) is 171 Å². The van der Waals surface area contributed by atoms with Crippen LogP contribution >= 0.6 is 46.7 Å². The number of carbonyl (C=O) groups excluding carboxylic acids is 6. The number of hydrogen-bond acceptors (Lipinski definition) is 16. The van der Waals surface area contributed by atoms with Gasteiger partial charge in [-0.25, -0.2) is 9.59 Å². The fourth-order valence-corrected chi connectivity index (χ4v) is 10.7. The molecule has 4 aromatic carbocycles. The molecule has 16 nitrogen and oxygen atoms in total. The first-order valence-corrected chi connectivity index (χ1v) is 23.4. The van der Waals surface area contributed by atoms with Crippen molar-refractivity contribution in [2.24, 2.45) is 0 Å². The summed E-state index contributed by atoms with van der Waals surface area (Å²) in [5, 5.41) is 0.608. The highest BCUT2D eigenvalue weighted by atomic mass is 35.5. The molecule has 0 spiro atoms. The Morgan fingerprint density at radius 3 is 1.26 bits per heavy atom. The van der Waals surface area contributed by atoms with Gasteiger partial charge in [0.1, 0.15) is 11.5 Å². The molecule has 4 aromatic rings. The molecule has 2 heterocycles. The lowest BCUT2D eigenvalue weighted by atomic mass is 10.0. The van der Waals surface area contributed by atoms with Gasteiger partial charge >= 0.3 is 23.9 Å². The van der Waals surface area contributed by atoms with Crippen LogP contribution in [0, 0.1) is 0 Å². The minimum absolute atomic E-state index is 0.145. The van der Waals surface area contributed by atoms with Crippen molar-refractivity contribution in [1.82, 2.24) is 9.80 Å². The molecule has 20 heteroatoms. The van der Waals surface area contributed by atoms with Crippen molar-refractivity contribution in [3.05, 3.63) is 118 Å². The maximum atomic E-state index is 14.9. The molecular weight excluding hydrogens is 960 g/mol. The van der Waals surface area contributed by atoms with Crippen LogP contribution in [0.1, 0.15) is 25.0 Å². The van der Waals surface area contributed by atoms with E-state index in [0.29, 0.717) is 55.8 Å². The quantitative estimate of drug-likeness (QED) is 0.0643. The molecule has 6 rings (SSSR count). The molecule has 2 aliphatic rings. The van der Waals surface area contributed by atoms with Crippen molar-refractivity contribution in [3.63, 3.8) is 0 Å². The first-order valence-electron chi connectivity index (χ1n) is 21.0. The number of halogens is 2. The van der Waals surface area contributed by atoms with E-state index in [-0.39, 0.29) is 24.2 Å². The number of benzene rings is 4. The van der Waals surface area contributed by atoms with Crippen molar-refractivity contribution in [2.75, 3.05) is 78.4 Å². The summed E-state index contributed by atoms with van der Waals surface area (Å²) in [7, 11) is 10.3. The summed E-state index contributed by atoms with van der Waals surface area (Å²) in [4.78, 5) is 87.6. The number of carbonyl (C=O) groups is 6. The Hall–Kier alpha value is -5.76. The standard InChI is InChI=1S/C48H50Cl2N4O12S2/c1-29(55)63-43-45(59)53(25-23-51(3)4)37-19-13-33(49)27-39(37)67-47(43,31-9-15-35(61-7)16-10-31)65-41(57)21-22-42(58)66-48(32-11-17-36(62-8)18-12-32)44(64-30(2)56)46(60)54(26-24-52(5)6)38-20-14-34(50)28-40(38)68-48/h9-22,27-28,43-44H,23-26H2,1-8H3/b22-21-. The van der Waals surface area contributed by atoms with Gasteiger partial charge < -0.3 is 48.0 Å². The Morgan fingerprint density at radius 2 is 0.956 bits per heavy atom. The molecule has 0 saturated heterocycles. The number of fused-ring (bicyclic) bond motifs is 2. The van der Waals surface area contributed by atoms with Gasteiger partial charge in [-0.3, -0.25) is 19.2 Å². The summed E-state index contributed by atoms with van der Waals surface area (Å²) in [5.41, 5.74) is 1.25. The van der Waals surface area contributed by atoms with E-state index in [9.17, 15) is 28.8 Å². The van der Waals surface area contributed by atoms with Crippen LogP contribution < -0.4 is 19.3 Å². The lowest BCUT2D eigenvalue weighted by Crippen LogP contribution is -2.53. The number of nitrogens with zero attached hydrogens (tertiary/aromatic N) is 4. The predicted octanol–water partition coefficient (Wildman–Crippen LogP) is 6.92. The van der Waals surface area contributed by atoms with Crippen LogP contribution in [0.5, 0.6) is 11.5 Å². The first kappa shape index (κ1) is 51.6. The number of esters is 4. The minimum Gasteiger partial charge on any atom is -0.497 e. The second kappa shape index (κ2) is 22.1. The molecule has 0 N–H and O–H groups in total. The summed E-state index contributed by atoms with van der Waals surface area (Å²) in [5.74, 6) is -4.61. The molecule has 4 atom stereocenters. The van der Waals surface area contributed by atoms with Crippen LogP contribution in [-0.4, -0.2) is 126 Å². The average Bonchev–Trinajstić information content (AvgIpc) is 3.44. The number of anilines is 2. The zero-order valence-corrected chi connectivity index (χ0v) is 41.6. The lowest BCUT2D eigenvalue weighted by molar-refractivity contribution is -0.174. The Balaban J connectivity index is 1.47. The van der Waals surface area contributed by atoms with Crippen molar-refractivity contribution in [3.8, 4) is 11.5 Å². The van der Waals surface area contributed by atoms with Gasteiger partial charge in [-0.1, -0.05) is 71.0 Å². The summed E-state index contributed by atoms with van der Waals surface area (Å²) in [6.07, 6.45) is -2.04. The second-order valence-electron chi connectivity index (χ2n) is 16.0. The SMILES string of the molecule is COc1ccc(C2(OC(=O)/C=C\C(=O)OC3(c4ccc(OC)cc4)Sc4cc(Cl)ccc4N(CCN(C)C)C(=O)C3OC(C)=O)Sc3cc(Cl)ccc3N(CCN(C)C)C(=O)C2OC(C)=O)cc1. The van der Waals surface area contributed by atoms with Gasteiger partial charge in [-0.15, -0.1) is 0 Å². The third kappa shape index (κ3) is 11.6. The number of rotatable bonds is 16. The van der Waals surface area contributed by atoms with Gasteiger partial charge in [0, 0.05) is 83.1 Å². The predicted molar refractivity (Wildman–Crippen MR) is 258 cm³/mol. The summed E-state index contributed by atoms with van der Waals surface area (Å²) < 4.78 is 35.1. The molecular formula is C48H50Cl2N4O12S2. The van der Waals surface area contributed by atoms with Crippen molar-refractivity contribution >= 4 is 93.8 Å². The van der Waals surface area contributed by atoms with Crippen LogP contribution in [0.3, 0.4) is 0 Å². The van der Waals surface area contributed by atoms with Crippen LogP contribution in [0.15, 0.2) is 107 Å². The summed E-state index contributed by atoms with van der Waals surface area (Å²) in [6.45, 7) is 3.34. The van der Waals surface area contributed by atoms with E-state index in [1.54, 1.807) is 84.9 Å². The molecule has 0 fully saturated rings. The number of methoxy groups -OCH3 is 2. The number of hydrogen-bond donors (Lipinski definition) is 0. The Labute approximate surface area is 412 Å². The Kier molecular flexibility index (Phi) is 16.8. The van der Waals surface area contributed by atoms with Gasteiger partial charge in [0.25, 0.3) is 11.8 Å². The van der Waals surface area contributed by atoms with E-state index in [0.717, 1.165) is 49.5 Å². The zero-order valence-electron chi connectivity index (χ0n) is 38.5. The zero-order chi connectivity index (χ0) is 49.5. The molecule has 0 aromatic heterocycles. The van der Waals surface area contributed by atoms with Crippen LogP contribution in [-0.2, 0) is 57.6 Å². The van der Waals surface area contributed by atoms with Crippen LogP contribution in [0.4, 0.5) is 11.4 Å². The summed E-state index contributed by atoms with van der Waals surface area (Å²) >= 11 is 14.9. The summed E-state index contributed by atoms with van der Waals surface area (Å²) in [6, 6.07) is 22.3. The van der Waals surface area contributed by atoms with Crippen LogP contribution in [0.25, 0.3) is 0 Å². The maximum absolute atomic E-state index is 14.9. The van der Waals surface area contributed by atoms with Crippen molar-refractivity contribution < 1.29 is 57.2 Å². The highest BCUT2D eigenvalue weighted by molar-refractivity contribution is 8.00. The molecule has 0 bridgehead atoms. The van der Waals surface area contributed by atoms with Gasteiger partial charge in [0.05, 0.1) is 25.6 Å². The molecule has 2 amide bonds. The lowest BCUT2D eigenvalue weighted by Gasteiger charge is -2.37. The fourth-order valence-electron chi connectivity index (χ4n) is 7.35. The van der Waals surface area contributed by atoms with Gasteiger partial charge in [-0.2, -0.15) is 0 Å². The van der Waals surface area contributed by atoms with E-state index in [1.165, 1.54) is 24.0 Å². The van der Waals surface area contributed by atoms with Gasteiger partial charge in [0.2, 0.25) is 22.1 Å². The molecule has 0 radical (unpaired) electrons. The number of amides is 2. The second-order valence-corrected chi connectivity index (χ2v) is 19.3. The molecule has 0 aliphatic carbocycles. The molecule has 68 heavy (non-hydrogen) atoms. The minimum atomic E-state index is -2.15. The van der Waals surface area contributed by atoms with Crippen LogP contribution in [0.2, 0.25) is 10.0 Å². The number of thioether (sulfide) groups is 2. The van der Waals surface area contributed by atoms with Crippen molar-refractivity contribution in [1.29, 1.82) is 0 Å². The maximum Gasteiger partial charge on any atom is 0.332 e. The smallest absolute Gasteiger partial charge is 0.332 e. The molecule has 360 valence electrons. The Morgan fingerprint density at radius 1 is 0.603 bits per heavy atom. The van der Waals surface area contributed by atoms with Gasteiger partial charge in [0.15, 0.2) is 0 Å². The van der Waals surface area contributed by atoms with E-state index in [1.807, 2.05) is 38.0 Å². The van der Waals surface area contributed by atoms with Gasteiger partial charge in [-0.05, 0) is 88.9 Å². The largest absolute Gasteiger partial charge is 0.497 e. The number of likely N-dealkylation sites (N-methyl/N-ethyl adjacent to an activating group) is 2. The monoisotopic (exact) mass is 1010 g/mol. The first-order chi connectivity index (χ1) is 32.3. The molecule has 0 saturated carbocycles. The molecule has 4 unspecified atom stereocenters. The van der Waals surface area contributed by atoms with E-state index in [4.69, 9.17) is 51.6 Å². The highest BCUT2D eigenvalue weighted by Gasteiger charge is 2.57. The third-order valence-electron chi connectivity index (χ3n) is 10.6. The average molecular weight is 1010 g/mol. The fraction of sp³-hybridized carbons (Fsp3) is 0.333. The normalized spacial score (nSPS) is 20.3. The third-order valence-corrected chi connectivity index (χ3v) is 13.8. The van der Waals surface area contributed by atoms with E-state index < -0.39 is 57.8 Å². The highest BCUT2D eigenvalue weighted by Crippen LogP contribution is 2.55.